The lowest BCUT2D eigenvalue weighted by Gasteiger charge is -2.44. The van der Waals surface area contributed by atoms with E-state index >= 15 is 0 Å². The fraction of sp³-hybridized carbons (Fsp3) is 0.263. The molecule has 0 radical (unpaired) electrons. The van der Waals surface area contributed by atoms with Crippen LogP contribution in [0.25, 0.3) is 0 Å². The van der Waals surface area contributed by atoms with Gasteiger partial charge in [-0.15, -0.1) is 0 Å². The van der Waals surface area contributed by atoms with Gasteiger partial charge >= 0.3 is 0 Å². The molecule has 0 saturated carbocycles. The number of likely N-dealkylation sites (tertiary alicyclic amines) is 1. The van der Waals surface area contributed by atoms with Gasteiger partial charge in [-0.05, 0) is 29.8 Å². The van der Waals surface area contributed by atoms with Gasteiger partial charge in [0.2, 0.25) is 0 Å². The molecule has 24 heavy (non-hydrogen) atoms. The summed E-state index contributed by atoms with van der Waals surface area (Å²) in [7, 11) is 3.18. The number of carbonyl (C=O) groups excluding carboxylic acids is 1. The first kappa shape index (κ1) is 16.2. The summed E-state index contributed by atoms with van der Waals surface area (Å²) in [4.78, 5) is 18.5. The largest absolute Gasteiger partial charge is 0.497 e. The van der Waals surface area contributed by atoms with Crippen LogP contribution in [0.3, 0.4) is 0 Å². The maximum absolute atomic E-state index is 12.2. The molecule has 0 aromatic heterocycles. The van der Waals surface area contributed by atoms with Gasteiger partial charge in [0, 0.05) is 19.9 Å². The number of amides is 1. The Labute approximate surface area is 141 Å². The normalized spacial score (nSPS) is 20.2. The Hall–Kier alpha value is -2.66. The summed E-state index contributed by atoms with van der Waals surface area (Å²) in [5.74, 6) is 0.778. The highest BCUT2D eigenvalue weighted by molar-refractivity contribution is 5.96. The zero-order chi connectivity index (χ0) is 16.9. The average molecular weight is 324 g/mol. The van der Waals surface area contributed by atoms with Crippen molar-refractivity contribution in [1.29, 1.82) is 0 Å². The topological polar surface area (TPSA) is 51.1 Å². The Morgan fingerprint density at radius 3 is 2.42 bits per heavy atom. The summed E-state index contributed by atoms with van der Waals surface area (Å²) in [5.41, 5.74) is 1.90. The predicted octanol–water partition coefficient (Wildman–Crippen LogP) is 2.82. The molecule has 1 saturated heterocycles. The lowest BCUT2D eigenvalue weighted by Crippen LogP contribution is -2.65. The van der Waals surface area contributed by atoms with Crippen molar-refractivity contribution < 1.29 is 14.3 Å². The van der Waals surface area contributed by atoms with Crippen molar-refractivity contribution >= 4 is 17.8 Å². The van der Waals surface area contributed by atoms with Gasteiger partial charge in [0.15, 0.2) is 6.10 Å². The molecular formula is C19H20N2O3. The number of benzene rings is 2. The molecule has 5 nitrogen and oxygen atoms in total. The third kappa shape index (κ3) is 3.31. The zero-order valence-corrected chi connectivity index (χ0v) is 13.8. The molecular weight excluding hydrogens is 304 g/mol. The van der Waals surface area contributed by atoms with E-state index in [1.807, 2.05) is 54.6 Å². The summed E-state index contributed by atoms with van der Waals surface area (Å²) < 4.78 is 10.4. The zero-order valence-electron chi connectivity index (χ0n) is 13.8. The van der Waals surface area contributed by atoms with Crippen LogP contribution >= 0.6 is 0 Å². The molecule has 2 aromatic carbocycles. The van der Waals surface area contributed by atoms with Crippen LogP contribution in [0.1, 0.15) is 5.56 Å². The highest BCUT2D eigenvalue weighted by Gasteiger charge is 2.46. The number of rotatable bonds is 6. The second-order valence-corrected chi connectivity index (χ2v) is 5.57. The van der Waals surface area contributed by atoms with Crippen molar-refractivity contribution in [1.82, 2.24) is 4.90 Å². The molecule has 0 unspecified atom stereocenters. The quantitative estimate of drug-likeness (QED) is 0.606. The van der Waals surface area contributed by atoms with Crippen LogP contribution in [0.15, 0.2) is 59.6 Å². The lowest BCUT2D eigenvalue weighted by molar-refractivity contribution is -0.164. The van der Waals surface area contributed by atoms with E-state index in [0.717, 1.165) is 17.0 Å². The van der Waals surface area contributed by atoms with Crippen molar-refractivity contribution in [2.45, 2.75) is 18.7 Å². The molecule has 0 aliphatic carbocycles. The maximum Gasteiger partial charge on any atom is 0.255 e. The summed E-state index contributed by atoms with van der Waals surface area (Å²) in [6, 6.07) is 17.2. The van der Waals surface area contributed by atoms with E-state index in [-0.39, 0.29) is 11.9 Å². The van der Waals surface area contributed by atoms with Gasteiger partial charge in [-0.25, -0.2) is 0 Å². The molecule has 2 atom stereocenters. The Balaban J connectivity index is 1.72. The molecule has 1 amide bonds. The minimum atomic E-state index is -0.462. The number of aliphatic imine (C=N–C) groups is 1. The molecule has 3 rings (SSSR count). The predicted molar refractivity (Wildman–Crippen MR) is 92.7 cm³/mol. The van der Waals surface area contributed by atoms with Gasteiger partial charge in [-0.3, -0.25) is 9.79 Å². The van der Waals surface area contributed by atoms with E-state index in [1.54, 1.807) is 25.3 Å². The van der Waals surface area contributed by atoms with Crippen LogP contribution in [0.2, 0.25) is 0 Å². The summed E-state index contributed by atoms with van der Waals surface area (Å²) in [6.45, 7) is 0.554. The molecule has 1 aliphatic rings. The van der Waals surface area contributed by atoms with Crippen LogP contribution < -0.4 is 4.74 Å². The number of β-lactam (4-membered cyclic amide) rings is 1. The van der Waals surface area contributed by atoms with Crippen molar-refractivity contribution in [2.75, 3.05) is 14.2 Å². The van der Waals surface area contributed by atoms with Crippen molar-refractivity contribution in [2.24, 2.45) is 4.99 Å². The Kier molecular flexibility index (Phi) is 4.91. The first-order valence-electron chi connectivity index (χ1n) is 7.78. The van der Waals surface area contributed by atoms with Crippen molar-refractivity contribution in [3.05, 3.63) is 60.2 Å². The Morgan fingerprint density at radius 1 is 1.08 bits per heavy atom. The van der Waals surface area contributed by atoms with Crippen molar-refractivity contribution in [3.63, 3.8) is 0 Å². The summed E-state index contributed by atoms with van der Waals surface area (Å²) in [5, 5.41) is 0. The van der Waals surface area contributed by atoms with Gasteiger partial charge in [-0.2, -0.15) is 0 Å². The third-order valence-corrected chi connectivity index (χ3v) is 4.09. The third-order valence-electron chi connectivity index (χ3n) is 4.09. The molecule has 5 heteroatoms. The summed E-state index contributed by atoms with van der Waals surface area (Å²) >= 11 is 0. The van der Waals surface area contributed by atoms with Gasteiger partial charge < -0.3 is 14.4 Å². The van der Waals surface area contributed by atoms with E-state index in [1.165, 1.54) is 0 Å². The van der Waals surface area contributed by atoms with Crippen LogP contribution in [-0.4, -0.2) is 43.4 Å². The number of methoxy groups -OCH3 is 2. The summed E-state index contributed by atoms with van der Waals surface area (Å²) in [6.07, 6.45) is 1.32. The van der Waals surface area contributed by atoms with Crippen LogP contribution in [0.4, 0.5) is 5.69 Å². The van der Waals surface area contributed by atoms with Crippen molar-refractivity contribution in [3.8, 4) is 5.75 Å². The van der Waals surface area contributed by atoms with Crippen LogP contribution in [0.5, 0.6) is 5.75 Å². The molecule has 1 heterocycles. The minimum Gasteiger partial charge on any atom is -0.497 e. The van der Waals surface area contributed by atoms with Gasteiger partial charge in [0.05, 0.1) is 12.8 Å². The van der Waals surface area contributed by atoms with Gasteiger partial charge in [-0.1, -0.05) is 30.3 Å². The minimum absolute atomic E-state index is 0.00691. The SMILES string of the molecule is COc1ccc(N=C[C@H]2[C@@H](OC)C(=O)N2Cc2ccccc2)cc1. The fourth-order valence-electron chi connectivity index (χ4n) is 2.73. The van der Waals surface area contributed by atoms with E-state index in [4.69, 9.17) is 9.47 Å². The lowest BCUT2D eigenvalue weighted by atomic mass is 9.97. The molecule has 2 aromatic rings. The number of nitrogens with zero attached hydrogens (tertiary/aromatic N) is 2. The number of hydrogen-bond donors (Lipinski definition) is 0. The van der Waals surface area contributed by atoms with Crippen LogP contribution in [-0.2, 0) is 16.1 Å². The first-order valence-corrected chi connectivity index (χ1v) is 7.78. The number of ether oxygens (including phenoxy) is 2. The molecule has 0 spiro atoms. The standard InChI is InChI=1S/C19H20N2O3/c1-23-16-10-8-15(9-11-16)20-12-17-18(24-2)19(22)21(17)13-14-6-4-3-5-7-14/h3-12,17-18H,13H2,1-2H3/t17-,18+/m0/s1. The van der Waals surface area contributed by atoms with E-state index in [0.29, 0.717) is 6.54 Å². The fourth-order valence-corrected chi connectivity index (χ4v) is 2.73. The average Bonchev–Trinajstić information content (AvgIpc) is 2.64. The first-order chi connectivity index (χ1) is 11.7. The number of carbonyl (C=O) groups is 1. The Bertz CT molecular complexity index is 713. The number of hydrogen-bond acceptors (Lipinski definition) is 4. The highest BCUT2D eigenvalue weighted by Crippen LogP contribution is 2.25. The van der Waals surface area contributed by atoms with Gasteiger partial charge in [0.25, 0.3) is 5.91 Å². The van der Waals surface area contributed by atoms with Gasteiger partial charge in [0.1, 0.15) is 11.8 Å². The molecule has 1 fully saturated rings. The van der Waals surface area contributed by atoms with Crippen LogP contribution in [0, 0.1) is 0 Å². The van der Waals surface area contributed by atoms with E-state index in [2.05, 4.69) is 4.99 Å². The molecule has 0 bridgehead atoms. The second kappa shape index (κ2) is 7.27. The monoisotopic (exact) mass is 324 g/mol. The Morgan fingerprint density at radius 2 is 1.79 bits per heavy atom. The van der Waals surface area contributed by atoms with E-state index in [9.17, 15) is 4.79 Å². The molecule has 124 valence electrons. The maximum atomic E-state index is 12.2. The smallest absolute Gasteiger partial charge is 0.255 e. The molecule has 1 aliphatic heterocycles. The highest BCUT2D eigenvalue weighted by atomic mass is 16.5. The van der Waals surface area contributed by atoms with E-state index < -0.39 is 6.10 Å². The second-order valence-electron chi connectivity index (χ2n) is 5.57. The molecule has 0 N–H and O–H groups in total.